The Morgan fingerprint density at radius 2 is 2.05 bits per heavy atom. The molecule has 0 fully saturated rings. The van der Waals surface area contributed by atoms with Crippen molar-refractivity contribution < 1.29 is 4.74 Å². The maximum absolute atomic E-state index is 5.91. The van der Waals surface area contributed by atoms with Crippen LogP contribution in [0.15, 0.2) is 16.6 Å². The first-order chi connectivity index (χ1) is 9.56. The van der Waals surface area contributed by atoms with Gasteiger partial charge in [-0.25, -0.2) is 0 Å². The molecule has 0 radical (unpaired) electrons. The van der Waals surface area contributed by atoms with Crippen molar-refractivity contribution in [2.24, 2.45) is 7.05 Å². The van der Waals surface area contributed by atoms with E-state index in [-0.39, 0.29) is 0 Å². The zero-order valence-electron chi connectivity index (χ0n) is 11.8. The summed E-state index contributed by atoms with van der Waals surface area (Å²) in [7, 11) is 1.93. The van der Waals surface area contributed by atoms with Crippen LogP contribution in [-0.2, 0) is 25.4 Å². The van der Waals surface area contributed by atoms with Gasteiger partial charge in [0.2, 0.25) is 0 Å². The quantitative estimate of drug-likeness (QED) is 0.711. The lowest BCUT2D eigenvalue weighted by atomic mass is 10.3. The third-order valence-electron chi connectivity index (χ3n) is 3.07. The van der Waals surface area contributed by atoms with Gasteiger partial charge in [0.25, 0.3) is 0 Å². The minimum Gasteiger partial charge on any atom is -0.485 e. The van der Waals surface area contributed by atoms with Gasteiger partial charge < -0.3 is 4.74 Å². The number of pyridine rings is 1. The summed E-state index contributed by atoms with van der Waals surface area (Å²) >= 11 is 7.04. The lowest BCUT2D eigenvalue weighted by molar-refractivity contribution is 0.290. The van der Waals surface area contributed by atoms with E-state index in [4.69, 9.17) is 4.74 Å². The number of rotatable bonds is 5. The zero-order chi connectivity index (χ0) is 14.7. The summed E-state index contributed by atoms with van der Waals surface area (Å²) in [4.78, 5) is 4.46. The monoisotopic (exact) mass is 401 g/mol. The highest BCUT2D eigenvalue weighted by atomic mass is 79.9. The van der Waals surface area contributed by atoms with Crippen molar-refractivity contribution in [1.82, 2.24) is 14.8 Å². The molecule has 0 saturated carbocycles. The smallest absolute Gasteiger partial charge is 0.142 e. The van der Waals surface area contributed by atoms with Crippen molar-refractivity contribution in [2.45, 2.75) is 32.2 Å². The number of aromatic nitrogens is 3. The minimum absolute atomic E-state index is 0.467. The van der Waals surface area contributed by atoms with Gasteiger partial charge in [0.1, 0.15) is 12.4 Å². The van der Waals surface area contributed by atoms with Gasteiger partial charge in [-0.2, -0.15) is 5.10 Å². The first-order valence-electron chi connectivity index (χ1n) is 6.42. The van der Waals surface area contributed by atoms with Crippen LogP contribution in [0.4, 0.5) is 0 Å². The first kappa shape index (κ1) is 15.5. The van der Waals surface area contributed by atoms with Crippen LogP contribution < -0.4 is 4.74 Å². The molecule has 0 atom stereocenters. The lowest BCUT2D eigenvalue weighted by Gasteiger charge is -2.10. The maximum Gasteiger partial charge on any atom is 0.142 e. The van der Waals surface area contributed by atoms with Crippen LogP contribution in [0, 0.1) is 6.92 Å². The summed E-state index contributed by atoms with van der Waals surface area (Å²) < 4.78 is 8.80. The van der Waals surface area contributed by atoms with Crippen LogP contribution in [0.2, 0.25) is 0 Å². The predicted octanol–water partition coefficient (Wildman–Crippen LogP) is 3.92. The van der Waals surface area contributed by atoms with Crippen LogP contribution >= 0.6 is 31.9 Å². The number of hydrogen-bond donors (Lipinski definition) is 0. The molecule has 0 saturated heterocycles. The van der Waals surface area contributed by atoms with Crippen LogP contribution in [0.25, 0.3) is 0 Å². The number of aryl methyl sites for hydroxylation is 3. The van der Waals surface area contributed by atoms with Crippen molar-refractivity contribution in [3.63, 3.8) is 0 Å². The predicted molar refractivity (Wildman–Crippen MR) is 86.2 cm³/mol. The fraction of sp³-hybridized carbons (Fsp3) is 0.429. The lowest BCUT2D eigenvalue weighted by Crippen LogP contribution is -2.05. The highest BCUT2D eigenvalue weighted by Crippen LogP contribution is 2.25. The van der Waals surface area contributed by atoms with E-state index in [1.54, 1.807) is 0 Å². The molecule has 2 heterocycles. The Morgan fingerprint density at radius 3 is 2.65 bits per heavy atom. The van der Waals surface area contributed by atoms with E-state index in [0.717, 1.165) is 39.4 Å². The Hall–Kier alpha value is -0.880. The van der Waals surface area contributed by atoms with Crippen LogP contribution in [0.5, 0.6) is 5.75 Å². The number of hydrogen-bond acceptors (Lipinski definition) is 3. The van der Waals surface area contributed by atoms with Gasteiger partial charge in [0.05, 0.1) is 21.6 Å². The van der Waals surface area contributed by atoms with Crippen molar-refractivity contribution in [1.29, 1.82) is 0 Å². The number of nitrogens with zero attached hydrogens (tertiary/aromatic N) is 3. The number of alkyl halides is 1. The van der Waals surface area contributed by atoms with E-state index in [2.05, 4.69) is 48.9 Å². The van der Waals surface area contributed by atoms with Gasteiger partial charge in [-0.3, -0.25) is 9.67 Å². The van der Waals surface area contributed by atoms with Crippen LogP contribution in [0.1, 0.15) is 29.7 Å². The van der Waals surface area contributed by atoms with E-state index in [1.807, 2.05) is 30.8 Å². The molecule has 2 aromatic rings. The van der Waals surface area contributed by atoms with Crippen molar-refractivity contribution in [3.05, 3.63) is 39.4 Å². The number of halogens is 2. The summed E-state index contributed by atoms with van der Waals surface area (Å²) in [5, 5.41) is 5.14. The minimum atomic E-state index is 0.467. The average Bonchev–Trinajstić information content (AvgIpc) is 2.72. The fourth-order valence-electron chi connectivity index (χ4n) is 1.95. The normalized spacial score (nSPS) is 10.8. The van der Waals surface area contributed by atoms with Gasteiger partial charge in [0, 0.05) is 18.1 Å². The molecule has 0 aliphatic heterocycles. The second-order valence-corrected chi connectivity index (χ2v) is 5.86. The van der Waals surface area contributed by atoms with E-state index < -0.39 is 0 Å². The van der Waals surface area contributed by atoms with Gasteiger partial charge in [-0.05, 0) is 41.4 Å². The van der Waals surface area contributed by atoms with Crippen molar-refractivity contribution in [3.8, 4) is 5.75 Å². The summed E-state index contributed by atoms with van der Waals surface area (Å²) in [6.07, 6.45) is 0.896. The number of ether oxygens (including phenoxy) is 1. The molecular formula is C14H17Br2N3O. The summed E-state index contributed by atoms with van der Waals surface area (Å²) in [5.41, 5.74) is 3.98. The first-order valence-corrected chi connectivity index (χ1v) is 8.33. The summed E-state index contributed by atoms with van der Waals surface area (Å²) in [6.45, 7) is 4.53. The largest absolute Gasteiger partial charge is 0.485 e. The summed E-state index contributed by atoms with van der Waals surface area (Å²) in [5.74, 6) is 0.804. The Bertz CT molecular complexity index is 611. The van der Waals surface area contributed by atoms with Crippen LogP contribution in [-0.4, -0.2) is 14.8 Å². The Morgan fingerprint density at radius 1 is 1.30 bits per heavy atom. The second-order valence-electron chi connectivity index (χ2n) is 4.50. The summed E-state index contributed by atoms with van der Waals surface area (Å²) in [6, 6.07) is 3.92. The molecule has 0 bridgehead atoms. The van der Waals surface area contributed by atoms with Crippen molar-refractivity contribution in [2.75, 3.05) is 0 Å². The van der Waals surface area contributed by atoms with Gasteiger partial charge in [-0.1, -0.05) is 22.9 Å². The third-order valence-corrected chi connectivity index (χ3v) is 4.51. The highest BCUT2D eigenvalue weighted by molar-refractivity contribution is 9.10. The Labute approximate surface area is 135 Å². The molecule has 0 N–H and O–H groups in total. The Kier molecular flexibility index (Phi) is 5.21. The molecule has 0 unspecified atom stereocenters. The van der Waals surface area contributed by atoms with E-state index in [9.17, 15) is 0 Å². The average molecular weight is 403 g/mol. The highest BCUT2D eigenvalue weighted by Gasteiger charge is 2.14. The van der Waals surface area contributed by atoms with E-state index >= 15 is 0 Å². The molecule has 0 spiro atoms. The standard InChI is InChI=1S/C14H17Br2N3O/c1-4-10-14(16)12(19(3)18-10)8-20-13-6-5-9(2)17-11(13)7-15/h5-6H,4,7-8H2,1-3H3. The fourth-order valence-corrected chi connectivity index (χ4v) is 3.08. The molecular weight excluding hydrogens is 386 g/mol. The molecule has 6 heteroatoms. The molecule has 0 aliphatic rings. The third kappa shape index (κ3) is 3.23. The SMILES string of the molecule is CCc1nn(C)c(COc2ccc(C)nc2CBr)c1Br. The van der Waals surface area contributed by atoms with Crippen molar-refractivity contribution >= 4 is 31.9 Å². The molecule has 2 rings (SSSR count). The molecule has 0 aromatic carbocycles. The Balaban J connectivity index is 2.19. The maximum atomic E-state index is 5.91. The van der Waals surface area contributed by atoms with E-state index in [0.29, 0.717) is 11.9 Å². The van der Waals surface area contributed by atoms with Crippen LogP contribution in [0.3, 0.4) is 0 Å². The van der Waals surface area contributed by atoms with Gasteiger partial charge in [-0.15, -0.1) is 0 Å². The molecule has 2 aromatic heterocycles. The van der Waals surface area contributed by atoms with E-state index in [1.165, 1.54) is 0 Å². The molecule has 4 nitrogen and oxygen atoms in total. The van der Waals surface area contributed by atoms with Gasteiger partial charge >= 0.3 is 0 Å². The molecule has 0 aliphatic carbocycles. The molecule has 20 heavy (non-hydrogen) atoms. The van der Waals surface area contributed by atoms with Gasteiger partial charge in [0.15, 0.2) is 0 Å². The molecule has 0 amide bonds. The molecule has 108 valence electrons. The zero-order valence-corrected chi connectivity index (χ0v) is 15.0. The topological polar surface area (TPSA) is 39.9 Å². The second kappa shape index (κ2) is 6.72.